The maximum Gasteiger partial charge on any atom is 0.408 e. The highest BCUT2D eigenvalue weighted by Crippen LogP contribution is 2.41. The number of aromatic nitrogens is 3. The van der Waals surface area contributed by atoms with Crippen molar-refractivity contribution in [3.63, 3.8) is 0 Å². The molecule has 0 radical (unpaired) electrons. The summed E-state index contributed by atoms with van der Waals surface area (Å²) in [7, 11) is 0. The molecule has 1 aliphatic carbocycles. The Morgan fingerprint density at radius 3 is 2.62 bits per heavy atom. The summed E-state index contributed by atoms with van der Waals surface area (Å²) in [6.07, 6.45) is 2.75. The van der Waals surface area contributed by atoms with E-state index in [1.54, 1.807) is 43.7 Å². The van der Waals surface area contributed by atoms with Gasteiger partial charge in [-0.25, -0.2) is 27.5 Å². The molecule has 0 bridgehead atoms. The molecule has 190 valence electrons. The van der Waals surface area contributed by atoms with Gasteiger partial charge in [-0.05, 0) is 58.1 Å². The number of imidazole rings is 1. The first-order valence-electron chi connectivity index (χ1n) is 11.6. The molecule has 8 nitrogen and oxygen atoms in total. The molecular formula is C23H35F3N6O2. The Labute approximate surface area is 197 Å². The topological polar surface area (TPSA) is 107 Å². The van der Waals surface area contributed by atoms with Gasteiger partial charge < -0.3 is 21.1 Å². The van der Waals surface area contributed by atoms with Gasteiger partial charge in [-0.2, -0.15) is 5.10 Å². The van der Waals surface area contributed by atoms with Gasteiger partial charge in [-0.15, -0.1) is 0 Å². The quantitative estimate of drug-likeness (QED) is 0.525. The Kier molecular flexibility index (Phi) is 7.76. The molecule has 2 aromatic rings. The van der Waals surface area contributed by atoms with E-state index in [4.69, 9.17) is 10.5 Å². The van der Waals surface area contributed by atoms with Crippen LogP contribution >= 0.6 is 0 Å². The Balaban J connectivity index is 1.79. The van der Waals surface area contributed by atoms with Crippen molar-refractivity contribution in [2.75, 3.05) is 13.1 Å². The van der Waals surface area contributed by atoms with E-state index in [-0.39, 0.29) is 44.7 Å². The van der Waals surface area contributed by atoms with E-state index in [9.17, 15) is 18.0 Å². The number of alkyl carbamates (subject to hydrolysis) is 1. The van der Waals surface area contributed by atoms with Crippen molar-refractivity contribution in [1.29, 1.82) is 0 Å². The molecule has 2 aromatic heterocycles. The fourth-order valence-electron chi connectivity index (χ4n) is 3.98. The molecule has 0 aliphatic heterocycles. The van der Waals surface area contributed by atoms with Crippen LogP contribution in [0.2, 0.25) is 0 Å². The number of nitrogens with one attached hydrogen (secondary N) is 2. The minimum absolute atomic E-state index is 0.0833. The van der Waals surface area contributed by atoms with Gasteiger partial charge in [0.05, 0.1) is 24.1 Å². The monoisotopic (exact) mass is 484 g/mol. The molecule has 34 heavy (non-hydrogen) atoms. The third-order valence-corrected chi connectivity index (χ3v) is 5.87. The summed E-state index contributed by atoms with van der Waals surface area (Å²) in [6, 6.07) is 1.21. The lowest BCUT2D eigenvalue weighted by Gasteiger charge is -2.33. The van der Waals surface area contributed by atoms with Gasteiger partial charge in [-0.3, -0.25) is 0 Å². The van der Waals surface area contributed by atoms with E-state index in [0.29, 0.717) is 17.9 Å². The first kappa shape index (κ1) is 26.2. The normalized spacial score (nSPS) is 19.5. The summed E-state index contributed by atoms with van der Waals surface area (Å²) in [5, 5.41) is 10.2. The minimum Gasteiger partial charge on any atom is -0.444 e. The molecule has 1 fully saturated rings. The first-order chi connectivity index (χ1) is 15.8. The third-order valence-electron chi connectivity index (χ3n) is 5.87. The Morgan fingerprint density at radius 2 is 2.00 bits per heavy atom. The first-order valence-corrected chi connectivity index (χ1v) is 11.6. The maximum absolute atomic E-state index is 14.0. The van der Waals surface area contributed by atoms with Crippen LogP contribution in [-0.4, -0.2) is 51.0 Å². The van der Waals surface area contributed by atoms with E-state index in [1.165, 1.54) is 6.92 Å². The van der Waals surface area contributed by atoms with E-state index < -0.39 is 29.3 Å². The second-order valence-corrected chi connectivity index (χ2v) is 10.4. The lowest BCUT2D eigenvalue weighted by Crippen LogP contribution is -2.40. The molecule has 0 spiro atoms. The van der Waals surface area contributed by atoms with Gasteiger partial charge >= 0.3 is 6.09 Å². The van der Waals surface area contributed by atoms with Crippen LogP contribution in [0, 0.1) is 5.92 Å². The van der Waals surface area contributed by atoms with Gasteiger partial charge in [0.25, 0.3) is 0 Å². The molecule has 2 atom stereocenters. The minimum atomic E-state index is -2.69. The number of nitrogens with two attached hydrogens (primary N) is 1. The summed E-state index contributed by atoms with van der Waals surface area (Å²) >= 11 is 0. The maximum atomic E-state index is 14.0. The van der Waals surface area contributed by atoms with Crippen molar-refractivity contribution in [3.8, 4) is 0 Å². The molecule has 2 heterocycles. The van der Waals surface area contributed by atoms with E-state index in [0.717, 1.165) is 5.56 Å². The summed E-state index contributed by atoms with van der Waals surface area (Å²) in [5.41, 5.74) is 5.07. The average molecular weight is 485 g/mol. The number of fused-ring (bicyclic) bond motifs is 1. The number of hydrogen-bond acceptors (Lipinski definition) is 6. The van der Waals surface area contributed by atoms with Gasteiger partial charge in [0.15, 0.2) is 5.65 Å². The molecule has 1 amide bonds. The van der Waals surface area contributed by atoms with Crippen molar-refractivity contribution in [2.24, 2.45) is 11.7 Å². The summed E-state index contributed by atoms with van der Waals surface area (Å²) in [4.78, 5) is 17.2. The highest BCUT2D eigenvalue weighted by Gasteiger charge is 2.39. The van der Waals surface area contributed by atoms with Crippen LogP contribution in [0.15, 0.2) is 18.5 Å². The zero-order chi connectivity index (χ0) is 25.1. The predicted octanol–water partition coefficient (Wildman–Crippen LogP) is 3.90. The zero-order valence-corrected chi connectivity index (χ0v) is 20.2. The lowest BCUT2D eigenvalue weighted by atomic mass is 9.81. The smallest absolute Gasteiger partial charge is 0.408 e. The fraction of sp³-hybridized carbons (Fsp3) is 0.696. The zero-order valence-electron chi connectivity index (χ0n) is 20.2. The van der Waals surface area contributed by atoms with Crippen LogP contribution in [0.1, 0.15) is 70.7 Å². The standard InChI is InChI=1S/C23H35F3N6O2/c1-21(2,3)34-20(33)31-19(16-5-7-23(25,26)8-6-16)17-12-32-18(30-17)9-15(11-29-32)10-28-14-22(4,24)13-27/h9,11-12,16,19,28H,5-8,10,13-14,27H2,1-4H3,(H,31,33)/t19-,22?/m0/s1. The average Bonchev–Trinajstić information content (AvgIpc) is 3.14. The number of rotatable bonds is 8. The van der Waals surface area contributed by atoms with E-state index in [1.807, 2.05) is 0 Å². The second kappa shape index (κ2) is 10.1. The molecule has 1 unspecified atom stereocenters. The number of nitrogens with zero attached hydrogens (tertiary/aromatic N) is 3. The van der Waals surface area contributed by atoms with Crippen LogP contribution in [0.3, 0.4) is 0 Å². The molecule has 0 aromatic carbocycles. The number of hydrogen-bond donors (Lipinski definition) is 3. The SMILES string of the molecule is CC(F)(CN)CNCc1cnn2cc([C@@H](NC(=O)OC(C)(C)C)C3CCC(F)(F)CC3)nc2c1. The van der Waals surface area contributed by atoms with Crippen molar-refractivity contribution in [1.82, 2.24) is 25.2 Å². The third kappa shape index (κ3) is 7.30. The fourth-order valence-corrected chi connectivity index (χ4v) is 3.98. The molecule has 11 heteroatoms. The number of alkyl halides is 3. The summed E-state index contributed by atoms with van der Waals surface area (Å²) in [6.45, 7) is 7.09. The van der Waals surface area contributed by atoms with Crippen LogP contribution in [-0.2, 0) is 11.3 Å². The molecule has 1 saturated carbocycles. The van der Waals surface area contributed by atoms with E-state index >= 15 is 0 Å². The predicted molar refractivity (Wildman–Crippen MR) is 122 cm³/mol. The van der Waals surface area contributed by atoms with Crippen LogP contribution in [0.25, 0.3) is 5.65 Å². The molecule has 0 saturated heterocycles. The van der Waals surface area contributed by atoms with Gasteiger partial charge in [0.1, 0.15) is 11.3 Å². The highest BCUT2D eigenvalue weighted by atomic mass is 19.3. The Morgan fingerprint density at radius 1 is 1.32 bits per heavy atom. The van der Waals surface area contributed by atoms with Crippen molar-refractivity contribution >= 4 is 11.7 Å². The van der Waals surface area contributed by atoms with Crippen molar-refractivity contribution in [2.45, 2.75) is 83.2 Å². The highest BCUT2D eigenvalue weighted by molar-refractivity contribution is 5.68. The second-order valence-electron chi connectivity index (χ2n) is 10.4. The van der Waals surface area contributed by atoms with Gasteiger partial charge in [0.2, 0.25) is 5.92 Å². The molecule has 4 N–H and O–H groups in total. The number of amides is 1. The summed E-state index contributed by atoms with van der Waals surface area (Å²) < 4.78 is 48.5. The number of ether oxygens (including phenoxy) is 1. The summed E-state index contributed by atoms with van der Waals surface area (Å²) in [5.74, 6) is -2.90. The number of halogens is 3. The van der Waals surface area contributed by atoms with Crippen LogP contribution < -0.4 is 16.4 Å². The molecule has 3 rings (SSSR count). The van der Waals surface area contributed by atoms with Crippen molar-refractivity contribution in [3.05, 3.63) is 29.7 Å². The molecule has 1 aliphatic rings. The largest absolute Gasteiger partial charge is 0.444 e. The van der Waals surface area contributed by atoms with E-state index in [2.05, 4.69) is 20.7 Å². The number of carbonyl (C=O) groups excluding carboxylic acids is 1. The van der Waals surface area contributed by atoms with Crippen molar-refractivity contribution < 1.29 is 22.7 Å². The lowest BCUT2D eigenvalue weighted by molar-refractivity contribution is -0.0500. The van der Waals surface area contributed by atoms with Crippen LogP contribution in [0.5, 0.6) is 0 Å². The molecular weight excluding hydrogens is 449 g/mol. The van der Waals surface area contributed by atoms with Gasteiger partial charge in [0, 0.05) is 32.5 Å². The Hall–Kier alpha value is -2.40. The van der Waals surface area contributed by atoms with Crippen LogP contribution in [0.4, 0.5) is 18.0 Å². The number of carbonyl (C=O) groups is 1. The Bertz CT molecular complexity index is 979. The van der Waals surface area contributed by atoms with Gasteiger partial charge in [-0.1, -0.05) is 0 Å².